The Hall–Kier alpha value is -1.40. The fraction of sp³-hybridized carbons (Fsp3) is 1.00. The molecule has 1 fully saturated rings. The van der Waals surface area contributed by atoms with Crippen molar-refractivity contribution in [2.45, 2.75) is 22.3 Å². The van der Waals surface area contributed by atoms with E-state index in [1.165, 1.54) is 0 Å². The lowest BCUT2D eigenvalue weighted by Gasteiger charge is -2.40. The van der Waals surface area contributed by atoms with Gasteiger partial charge in [-0.05, 0) is 0 Å². The second-order valence-corrected chi connectivity index (χ2v) is 8.77. The predicted molar refractivity (Wildman–Crippen MR) is 82.6 cm³/mol. The lowest BCUT2D eigenvalue weighted by atomic mass is 10.1. The fourth-order valence-corrected chi connectivity index (χ4v) is 1.64. The third kappa shape index (κ3) is 10.2. The molecule has 0 aromatic carbocycles. The second kappa shape index (κ2) is 12.9. The van der Waals surface area contributed by atoms with Gasteiger partial charge in [0, 0.05) is 47.6 Å². The molecule has 28 heteroatoms. The molecule has 0 spiro atoms. The summed E-state index contributed by atoms with van der Waals surface area (Å²) in [7, 11) is -11.7. The molecule has 0 unspecified atom stereocenters. The van der Waals surface area contributed by atoms with Gasteiger partial charge in [-0.15, -0.1) is 0 Å². The molecule has 1 heterocycles. The molecule has 1 saturated heterocycles. The van der Waals surface area contributed by atoms with Gasteiger partial charge in [0.1, 0.15) is 0 Å². The summed E-state index contributed by atoms with van der Waals surface area (Å²) in [5.41, 5.74) is -17.4. The maximum Gasteiger partial charge on any atom is 0.522 e. The first-order valence-corrected chi connectivity index (χ1v) is 10.5. The zero-order valence-electron chi connectivity index (χ0n) is 16.3. The van der Waals surface area contributed by atoms with E-state index in [1.807, 2.05) is 0 Å². The van der Waals surface area contributed by atoms with Gasteiger partial charge in [0.05, 0.1) is 0 Å². The van der Waals surface area contributed by atoms with E-state index in [1.54, 1.807) is 10.6 Å². The molecule has 0 amide bonds. The molecule has 0 aliphatic carbocycles. The van der Waals surface area contributed by atoms with E-state index in [9.17, 15) is 62.2 Å². The Balaban J connectivity index is 0. The Morgan fingerprint density at radius 3 is 0.750 bits per heavy atom. The van der Waals surface area contributed by atoms with Crippen LogP contribution in [0, 0.1) is 0 Å². The average molecular weight is 618 g/mol. The van der Waals surface area contributed by atoms with Crippen LogP contribution >= 0.6 is 0 Å². The molecule has 0 radical (unpaired) electrons. The smallest absolute Gasteiger partial charge is 0.309 e. The van der Waals surface area contributed by atoms with Crippen molar-refractivity contribution in [3.63, 3.8) is 0 Å². The van der Waals surface area contributed by atoms with Gasteiger partial charge in [0.25, 0.3) is 0 Å². The summed E-state index contributed by atoms with van der Waals surface area (Å²) < 4.78 is 216. The van der Waals surface area contributed by atoms with E-state index in [0.29, 0.717) is 0 Å². The molecular formula is C8H12F14N6O6S2. The largest absolute Gasteiger partial charge is 0.522 e. The van der Waals surface area contributed by atoms with E-state index in [4.69, 9.17) is 25.9 Å². The monoisotopic (exact) mass is 618 g/mol. The molecule has 0 aromatic heterocycles. The van der Waals surface area contributed by atoms with Crippen LogP contribution in [-0.2, 0) is 20.2 Å². The summed E-state index contributed by atoms with van der Waals surface area (Å²) in [6.45, 7) is -4.93. The van der Waals surface area contributed by atoms with Gasteiger partial charge >= 0.3 is 31.3 Å². The first kappa shape index (κ1) is 36.8. The standard InChI is InChI=1S/C6H10F8N6.2CHF3O3S/c7-17(8)5(18(9)10)1-15-3-6(19(11)12,20(13)14)4-16-2-5;2*2-1(3,4)8(5,6)7/h15-16H,1-4H2;2*(H,5,6,7). The fourth-order valence-electron chi connectivity index (χ4n) is 1.64. The van der Waals surface area contributed by atoms with Gasteiger partial charge in [0.2, 0.25) is 11.3 Å². The van der Waals surface area contributed by atoms with Crippen LogP contribution in [0.25, 0.3) is 0 Å². The minimum Gasteiger partial charge on any atom is -0.309 e. The zero-order chi connectivity index (χ0) is 29.6. The Bertz CT molecular complexity index is 781. The molecule has 36 heavy (non-hydrogen) atoms. The Kier molecular flexibility index (Phi) is 13.2. The average Bonchev–Trinajstić information content (AvgIpc) is 2.58. The van der Waals surface area contributed by atoms with Crippen molar-refractivity contribution in [3.05, 3.63) is 0 Å². The molecule has 0 aromatic rings. The van der Waals surface area contributed by atoms with Gasteiger partial charge in [-0.1, -0.05) is 35.9 Å². The quantitative estimate of drug-likeness (QED) is 0.120. The number of halogens is 14. The van der Waals surface area contributed by atoms with E-state index in [-0.39, 0.29) is 0 Å². The number of alkyl halides is 6. The summed E-state index contributed by atoms with van der Waals surface area (Å²) in [5.74, 6) is 0. The molecule has 12 nitrogen and oxygen atoms in total. The van der Waals surface area contributed by atoms with Gasteiger partial charge in [-0.3, -0.25) is 9.11 Å². The summed E-state index contributed by atoms with van der Waals surface area (Å²) in [6, 6.07) is 0. The SMILES string of the molecule is FN(F)C1(N(F)F)CNCC(N(F)F)(N(F)F)CNC1.O=S(=O)(O)C(F)(F)F.O=S(=O)(O)C(F)(F)F. The maximum atomic E-state index is 12.6. The summed E-state index contributed by atoms with van der Waals surface area (Å²) in [6.07, 6.45) is 0. The Morgan fingerprint density at radius 1 is 0.528 bits per heavy atom. The van der Waals surface area contributed by atoms with Crippen molar-refractivity contribution in [2.75, 3.05) is 26.2 Å². The van der Waals surface area contributed by atoms with Crippen LogP contribution in [0.2, 0.25) is 0 Å². The van der Waals surface area contributed by atoms with Gasteiger partial charge in [-0.25, -0.2) is 0 Å². The molecule has 0 atom stereocenters. The van der Waals surface area contributed by atoms with Crippen LogP contribution in [0.1, 0.15) is 0 Å². The van der Waals surface area contributed by atoms with Crippen LogP contribution in [-0.4, -0.2) is 95.8 Å². The first-order chi connectivity index (χ1) is 15.7. The lowest BCUT2D eigenvalue weighted by Crippen LogP contribution is -2.70. The molecule has 1 aliphatic rings. The maximum absolute atomic E-state index is 12.6. The Morgan fingerprint density at radius 2 is 0.667 bits per heavy atom. The van der Waals surface area contributed by atoms with Crippen molar-refractivity contribution in [1.29, 1.82) is 0 Å². The Labute approximate surface area is 189 Å². The van der Waals surface area contributed by atoms with Crippen LogP contribution in [0.15, 0.2) is 0 Å². The van der Waals surface area contributed by atoms with Crippen molar-refractivity contribution in [1.82, 2.24) is 32.0 Å². The minimum absolute atomic E-state index is 1.23. The molecule has 0 bridgehead atoms. The summed E-state index contributed by atoms with van der Waals surface area (Å²) >= 11 is 0. The number of rotatable bonds is 4. The first-order valence-electron chi connectivity index (χ1n) is 7.65. The highest BCUT2D eigenvalue weighted by atomic mass is 32.2. The van der Waals surface area contributed by atoms with E-state index < -0.39 is 90.1 Å². The van der Waals surface area contributed by atoms with Crippen LogP contribution in [0.3, 0.4) is 0 Å². The number of nitrogens with zero attached hydrogens (tertiary/aromatic N) is 4. The van der Waals surface area contributed by atoms with Crippen LogP contribution in [0.5, 0.6) is 0 Å². The molecule has 4 N–H and O–H groups in total. The minimum atomic E-state index is -5.84. The normalized spacial score (nSPS) is 19.2. The third-order valence-electron chi connectivity index (χ3n) is 3.48. The zero-order valence-corrected chi connectivity index (χ0v) is 17.9. The highest BCUT2D eigenvalue weighted by Gasteiger charge is 2.53. The van der Waals surface area contributed by atoms with Gasteiger partial charge in [0.15, 0.2) is 0 Å². The van der Waals surface area contributed by atoms with E-state index >= 15 is 0 Å². The van der Waals surface area contributed by atoms with Crippen molar-refractivity contribution >= 4 is 20.2 Å². The number of hydrogen-bond donors (Lipinski definition) is 4. The van der Waals surface area contributed by atoms with Gasteiger partial charge in [-0.2, -0.15) is 43.2 Å². The number of hydrogen-bond acceptors (Lipinski definition) is 10. The number of nitrogens with one attached hydrogen (secondary N) is 2. The molecule has 1 rings (SSSR count). The van der Waals surface area contributed by atoms with Crippen molar-refractivity contribution < 1.29 is 88.1 Å². The highest BCUT2D eigenvalue weighted by molar-refractivity contribution is 7.86. The third-order valence-corrected chi connectivity index (χ3v) is 4.65. The summed E-state index contributed by atoms with van der Waals surface area (Å²) in [4.78, 5) is 0. The molecule has 220 valence electrons. The van der Waals surface area contributed by atoms with E-state index in [2.05, 4.69) is 0 Å². The van der Waals surface area contributed by atoms with Crippen molar-refractivity contribution in [2.24, 2.45) is 0 Å². The van der Waals surface area contributed by atoms with Crippen LogP contribution in [0.4, 0.5) is 62.2 Å². The highest BCUT2D eigenvalue weighted by Crippen LogP contribution is 2.28. The predicted octanol–water partition coefficient (Wildman–Crippen LogP) is 1.64. The van der Waals surface area contributed by atoms with E-state index in [0.717, 1.165) is 0 Å². The summed E-state index contributed by atoms with van der Waals surface area (Å²) in [5, 5.41) is -3.78. The van der Waals surface area contributed by atoms with Crippen molar-refractivity contribution in [3.8, 4) is 0 Å². The van der Waals surface area contributed by atoms with Gasteiger partial charge < -0.3 is 10.6 Å². The topological polar surface area (TPSA) is 146 Å². The molecular weight excluding hydrogens is 606 g/mol. The van der Waals surface area contributed by atoms with Crippen LogP contribution < -0.4 is 10.6 Å². The molecule has 1 aliphatic heterocycles. The molecule has 0 saturated carbocycles. The lowest BCUT2D eigenvalue weighted by molar-refractivity contribution is -0.382. The second-order valence-electron chi connectivity index (χ2n) is 5.95.